The highest BCUT2D eigenvalue weighted by molar-refractivity contribution is 14.1. The van der Waals surface area contributed by atoms with E-state index in [0.717, 1.165) is 6.26 Å². The highest BCUT2D eigenvalue weighted by Gasteiger charge is 2.27. The average molecular weight is 341 g/mol. The molecule has 0 saturated heterocycles. The molecule has 0 aliphatic heterocycles. The fraction of sp³-hybridized carbons (Fsp3) is 0.333. The molecule has 0 amide bonds. The summed E-state index contributed by atoms with van der Waals surface area (Å²) in [4.78, 5) is 0. The van der Waals surface area contributed by atoms with Gasteiger partial charge in [-0.1, -0.05) is 34.7 Å². The Balaban J connectivity index is 3.00. The van der Waals surface area contributed by atoms with Gasteiger partial charge in [0.2, 0.25) is 0 Å². The summed E-state index contributed by atoms with van der Waals surface area (Å²) in [6.45, 7) is 0. The number of halogens is 1. The molecule has 0 bridgehead atoms. The van der Waals surface area contributed by atoms with E-state index in [1.54, 1.807) is 46.9 Å². The van der Waals surface area contributed by atoms with Crippen molar-refractivity contribution < 1.29 is 13.5 Å². The lowest BCUT2D eigenvalue weighted by Gasteiger charge is -2.16. The van der Waals surface area contributed by atoms with Crippen LogP contribution in [0.1, 0.15) is 11.7 Å². The minimum Gasteiger partial charge on any atom is -0.399 e. The third kappa shape index (κ3) is 3.32. The topological polar surface area (TPSA) is 80.4 Å². The molecule has 3 N–H and O–H groups in total. The summed E-state index contributed by atoms with van der Waals surface area (Å²) in [7, 11) is -3.27. The van der Waals surface area contributed by atoms with Crippen LogP contribution >= 0.6 is 22.6 Å². The quantitative estimate of drug-likeness (QED) is 0.490. The van der Waals surface area contributed by atoms with Crippen LogP contribution < -0.4 is 5.73 Å². The Morgan fingerprint density at radius 1 is 1.47 bits per heavy atom. The summed E-state index contributed by atoms with van der Waals surface area (Å²) in [5.41, 5.74) is 6.56. The maximum atomic E-state index is 11.2. The Kier molecular flexibility index (Phi) is 3.96. The largest absolute Gasteiger partial charge is 0.399 e. The van der Waals surface area contributed by atoms with E-state index in [1.165, 1.54) is 0 Å². The molecule has 4 nitrogen and oxygen atoms in total. The fourth-order valence-electron chi connectivity index (χ4n) is 1.13. The summed E-state index contributed by atoms with van der Waals surface area (Å²) < 4.78 is 21.6. The molecule has 1 rings (SSSR count). The minimum absolute atomic E-state index is 0.503. The number of nitrogens with two attached hydrogens (primary N) is 1. The number of hydrogen-bond donors (Lipinski definition) is 2. The predicted molar refractivity (Wildman–Crippen MR) is 68.5 cm³/mol. The van der Waals surface area contributed by atoms with Gasteiger partial charge in [0.25, 0.3) is 0 Å². The van der Waals surface area contributed by atoms with Gasteiger partial charge in [-0.15, -0.1) is 0 Å². The van der Waals surface area contributed by atoms with Crippen LogP contribution in [0, 0.1) is 0 Å². The van der Waals surface area contributed by atoms with Crippen molar-refractivity contribution in [2.24, 2.45) is 0 Å². The molecule has 0 fully saturated rings. The Hall–Kier alpha value is -0.340. The first-order valence-corrected chi connectivity index (χ1v) is 7.39. The first-order valence-electron chi connectivity index (χ1n) is 4.19. The lowest BCUT2D eigenvalue weighted by atomic mass is 10.1. The second-order valence-electron chi connectivity index (χ2n) is 3.30. The fourth-order valence-corrected chi connectivity index (χ4v) is 2.17. The molecule has 0 spiro atoms. The van der Waals surface area contributed by atoms with Crippen molar-refractivity contribution in [3.8, 4) is 0 Å². The molecule has 1 aromatic carbocycles. The van der Waals surface area contributed by atoms with Gasteiger partial charge in [0.1, 0.15) is 9.36 Å². The number of anilines is 1. The van der Waals surface area contributed by atoms with E-state index in [0.29, 0.717) is 11.3 Å². The molecule has 84 valence electrons. The molecular weight excluding hydrogens is 329 g/mol. The van der Waals surface area contributed by atoms with E-state index in [2.05, 4.69) is 0 Å². The monoisotopic (exact) mass is 341 g/mol. The molecule has 0 aromatic heterocycles. The number of hydrogen-bond acceptors (Lipinski definition) is 4. The SMILES string of the molecule is CS(=O)(=O)[C@@H](I)[C@H](O)c1cccc(N)c1. The van der Waals surface area contributed by atoms with E-state index < -0.39 is 19.2 Å². The van der Waals surface area contributed by atoms with Crippen molar-refractivity contribution in [2.75, 3.05) is 12.0 Å². The molecule has 0 radical (unpaired) electrons. The lowest BCUT2D eigenvalue weighted by molar-refractivity contribution is 0.197. The van der Waals surface area contributed by atoms with Crippen molar-refractivity contribution in [3.63, 3.8) is 0 Å². The number of rotatable bonds is 3. The van der Waals surface area contributed by atoms with E-state index >= 15 is 0 Å². The molecule has 6 heteroatoms. The zero-order chi connectivity index (χ0) is 11.6. The van der Waals surface area contributed by atoms with Gasteiger partial charge < -0.3 is 10.8 Å². The summed E-state index contributed by atoms with van der Waals surface area (Å²) in [5.74, 6) is 0. The van der Waals surface area contributed by atoms with Crippen LogP contribution in [0.15, 0.2) is 24.3 Å². The third-order valence-corrected chi connectivity index (χ3v) is 6.44. The lowest BCUT2D eigenvalue weighted by Crippen LogP contribution is -2.21. The average Bonchev–Trinajstić information content (AvgIpc) is 2.14. The van der Waals surface area contributed by atoms with E-state index in [9.17, 15) is 13.5 Å². The van der Waals surface area contributed by atoms with Crippen LogP contribution in [-0.4, -0.2) is 23.0 Å². The first kappa shape index (κ1) is 12.7. The van der Waals surface area contributed by atoms with Gasteiger partial charge in [-0.2, -0.15) is 0 Å². The minimum atomic E-state index is -3.27. The molecule has 15 heavy (non-hydrogen) atoms. The van der Waals surface area contributed by atoms with Gasteiger partial charge in [-0.25, -0.2) is 8.42 Å². The zero-order valence-electron chi connectivity index (χ0n) is 8.09. The number of alkyl halides is 1. The predicted octanol–water partition coefficient (Wildman–Crippen LogP) is 1.11. The molecule has 0 heterocycles. The number of benzene rings is 1. The van der Waals surface area contributed by atoms with Gasteiger partial charge in [0.15, 0.2) is 9.84 Å². The molecule has 0 saturated carbocycles. The van der Waals surface area contributed by atoms with Crippen molar-refractivity contribution in [1.82, 2.24) is 0 Å². The zero-order valence-corrected chi connectivity index (χ0v) is 11.1. The van der Waals surface area contributed by atoms with E-state index in [4.69, 9.17) is 5.73 Å². The third-order valence-electron chi connectivity index (χ3n) is 1.91. The van der Waals surface area contributed by atoms with Crippen LogP contribution in [0.4, 0.5) is 5.69 Å². The van der Waals surface area contributed by atoms with Crippen molar-refractivity contribution >= 4 is 38.1 Å². The highest BCUT2D eigenvalue weighted by Crippen LogP contribution is 2.27. The molecule has 2 atom stereocenters. The number of aliphatic hydroxyl groups excluding tert-OH is 1. The van der Waals surface area contributed by atoms with Crippen LogP contribution in [0.5, 0.6) is 0 Å². The number of sulfone groups is 1. The van der Waals surface area contributed by atoms with Crippen molar-refractivity contribution in [1.29, 1.82) is 0 Å². The van der Waals surface area contributed by atoms with Crippen LogP contribution in [0.2, 0.25) is 0 Å². The van der Waals surface area contributed by atoms with Crippen LogP contribution in [0.3, 0.4) is 0 Å². The van der Waals surface area contributed by atoms with Crippen LogP contribution in [0.25, 0.3) is 0 Å². The van der Waals surface area contributed by atoms with E-state index in [1.807, 2.05) is 0 Å². The summed E-state index contributed by atoms with van der Waals surface area (Å²) in [6, 6.07) is 6.58. The Labute approximate surface area is 103 Å². The van der Waals surface area contributed by atoms with Gasteiger partial charge >= 0.3 is 0 Å². The highest BCUT2D eigenvalue weighted by atomic mass is 127. The number of nitrogen functional groups attached to an aromatic ring is 1. The second-order valence-corrected chi connectivity index (χ2v) is 7.65. The maximum Gasteiger partial charge on any atom is 0.162 e. The van der Waals surface area contributed by atoms with Crippen LogP contribution in [-0.2, 0) is 9.84 Å². The summed E-state index contributed by atoms with van der Waals surface area (Å²) >= 11 is 1.71. The molecule has 0 unspecified atom stereocenters. The Morgan fingerprint density at radius 2 is 2.07 bits per heavy atom. The standard InChI is InChI=1S/C9H12INO3S/c1-15(13,14)9(10)8(12)6-3-2-4-7(11)5-6/h2-5,8-9,12H,11H2,1H3/t8-,9-/m1/s1. The van der Waals surface area contributed by atoms with Crippen molar-refractivity contribution in [3.05, 3.63) is 29.8 Å². The van der Waals surface area contributed by atoms with Crippen molar-refractivity contribution in [2.45, 2.75) is 9.36 Å². The van der Waals surface area contributed by atoms with Gasteiger partial charge in [-0.3, -0.25) is 0 Å². The molecular formula is C9H12INO3S. The second kappa shape index (κ2) is 4.67. The number of aliphatic hydroxyl groups is 1. The molecule has 1 aromatic rings. The smallest absolute Gasteiger partial charge is 0.162 e. The summed E-state index contributed by atoms with van der Waals surface area (Å²) in [5, 5.41) is 9.81. The van der Waals surface area contributed by atoms with Gasteiger partial charge in [0.05, 0.1) is 0 Å². The summed E-state index contributed by atoms with van der Waals surface area (Å²) in [6.07, 6.45) is 0.0451. The van der Waals surface area contributed by atoms with Gasteiger partial charge in [-0.05, 0) is 17.7 Å². The Morgan fingerprint density at radius 3 is 2.53 bits per heavy atom. The molecule has 0 aliphatic carbocycles. The maximum absolute atomic E-state index is 11.2. The molecule has 0 aliphatic rings. The van der Waals surface area contributed by atoms with Gasteiger partial charge in [0, 0.05) is 11.9 Å². The normalized spacial score (nSPS) is 15.9. The van der Waals surface area contributed by atoms with E-state index in [-0.39, 0.29) is 0 Å². The Bertz CT molecular complexity index is 446. The first-order chi connectivity index (χ1) is 6.82.